The van der Waals surface area contributed by atoms with E-state index in [4.69, 9.17) is 9.47 Å². The number of methoxy groups -OCH3 is 1. The number of carboxylic acids is 1. The average molecular weight is 236 g/mol. The molecule has 17 heavy (non-hydrogen) atoms. The molecule has 0 saturated heterocycles. The Kier molecular flexibility index (Phi) is 2.96. The minimum absolute atomic E-state index is 0.117. The maximum atomic E-state index is 11.2. The predicted octanol–water partition coefficient (Wildman–Crippen LogP) is 2.53. The zero-order chi connectivity index (χ0) is 12.6. The highest BCUT2D eigenvalue weighted by atomic mass is 16.5. The van der Waals surface area contributed by atoms with Gasteiger partial charge in [0.05, 0.1) is 19.3 Å². The molecular weight excluding hydrogens is 220 g/mol. The highest BCUT2D eigenvalue weighted by Gasteiger charge is 2.33. The Hall–Kier alpha value is -1.71. The number of ether oxygens (including phenoxy) is 2. The molecule has 1 aromatic carbocycles. The molecule has 0 aliphatic carbocycles. The molecule has 0 fully saturated rings. The molecule has 0 spiro atoms. The molecule has 1 aliphatic rings. The van der Waals surface area contributed by atoms with E-state index in [2.05, 4.69) is 13.8 Å². The van der Waals surface area contributed by atoms with Gasteiger partial charge in [-0.25, -0.2) is 4.79 Å². The van der Waals surface area contributed by atoms with E-state index in [9.17, 15) is 9.90 Å². The highest BCUT2D eigenvalue weighted by molar-refractivity contribution is 5.91. The monoisotopic (exact) mass is 236 g/mol. The van der Waals surface area contributed by atoms with Gasteiger partial charge in [-0.05, 0) is 18.1 Å². The summed E-state index contributed by atoms with van der Waals surface area (Å²) in [5, 5.41) is 9.22. The third-order valence-corrected chi connectivity index (χ3v) is 3.19. The highest BCUT2D eigenvalue weighted by Crippen LogP contribution is 2.45. The van der Waals surface area contributed by atoms with Crippen molar-refractivity contribution in [2.75, 3.05) is 13.7 Å². The summed E-state index contributed by atoms with van der Waals surface area (Å²) < 4.78 is 10.8. The van der Waals surface area contributed by atoms with Crippen LogP contribution in [-0.2, 0) is 0 Å². The predicted molar refractivity (Wildman–Crippen MR) is 63.0 cm³/mol. The maximum absolute atomic E-state index is 11.2. The quantitative estimate of drug-likeness (QED) is 0.876. The van der Waals surface area contributed by atoms with E-state index in [1.54, 1.807) is 19.2 Å². The summed E-state index contributed by atoms with van der Waals surface area (Å²) in [5.41, 5.74) is 1.09. The van der Waals surface area contributed by atoms with Crippen molar-refractivity contribution in [1.82, 2.24) is 0 Å². The van der Waals surface area contributed by atoms with Crippen LogP contribution in [0.2, 0.25) is 0 Å². The van der Waals surface area contributed by atoms with Gasteiger partial charge in [-0.1, -0.05) is 13.8 Å². The number of carbonyl (C=O) groups is 1. The lowest BCUT2D eigenvalue weighted by Crippen LogP contribution is -2.11. The third kappa shape index (κ3) is 1.84. The minimum Gasteiger partial charge on any atom is -0.493 e. The van der Waals surface area contributed by atoms with E-state index in [-0.39, 0.29) is 5.92 Å². The summed E-state index contributed by atoms with van der Waals surface area (Å²) in [6.07, 6.45) is 0. The fraction of sp³-hybridized carbons (Fsp3) is 0.462. The fourth-order valence-corrected chi connectivity index (χ4v) is 2.23. The van der Waals surface area contributed by atoms with Crippen molar-refractivity contribution in [2.45, 2.75) is 19.8 Å². The maximum Gasteiger partial charge on any atom is 0.336 e. The largest absolute Gasteiger partial charge is 0.493 e. The van der Waals surface area contributed by atoms with Gasteiger partial charge < -0.3 is 14.6 Å². The first kappa shape index (κ1) is 11.8. The van der Waals surface area contributed by atoms with Gasteiger partial charge in [0.25, 0.3) is 0 Å². The number of rotatable bonds is 3. The second-order valence-electron chi connectivity index (χ2n) is 4.52. The minimum atomic E-state index is -0.917. The molecule has 0 amide bonds. The first-order valence-corrected chi connectivity index (χ1v) is 5.63. The summed E-state index contributed by atoms with van der Waals surface area (Å²) in [6.45, 7) is 4.65. The van der Waals surface area contributed by atoms with E-state index >= 15 is 0 Å². The van der Waals surface area contributed by atoms with Crippen LogP contribution in [0.25, 0.3) is 0 Å². The smallest absolute Gasteiger partial charge is 0.336 e. The fourth-order valence-electron chi connectivity index (χ4n) is 2.23. The average Bonchev–Trinajstić information content (AvgIpc) is 2.71. The van der Waals surface area contributed by atoms with Crippen LogP contribution >= 0.6 is 0 Å². The lowest BCUT2D eigenvalue weighted by atomic mass is 9.87. The molecule has 92 valence electrons. The third-order valence-electron chi connectivity index (χ3n) is 3.19. The van der Waals surface area contributed by atoms with Gasteiger partial charge in [-0.3, -0.25) is 0 Å². The lowest BCUT2D eigenvalue weighted by molar-refractivity contribution is 0.0695. The zero-order valence-corrected chi connectivity index (χ0v) is 10.2. The second-order valence-corrected chi connectivity index (χ2v) is 4.52. The van der Waals surface area contributed by atoms with Crippen molar-refractivity contribution >= 4 is 5.97 Å². The van der Waals surface area contributed by atoms with Crippen molar-refractivity contribution in [3.63, 3.8) is 0 Å². The van der Waals surface area contributed by atoms with Crippen LogP contribution in [0.15, 0.2) is 12.1 Å². The second kappa shape index (κ2) is 4.28. The van der Waals surface area contributed by atoms with E-state index in [1.807, 2.05) is 0 Å². The van der Waals surface area contributed by atoms with Crippen molar-refractivity contribution in [3.05, 3.63) is 23.3 Å². The molecule has 0 aromatic heterocycles. The summed E-state index contributed by atoms with van der Waals surface area (Å²) in [7, 11) is 1.56. The molecule has 0 saturated carbocycles. The van der Waals surface area contributed by atoms with Crippen LogP contribution in [0.4, 0.5) is 0 Å². The normalized spacial score (nSPS) is 17.8. The van der Waals surface area contributed by atoms with Gasteiger partial charge in [0, 0.05) is 11.5 Å². The Bertz CT molecular complexity index is 451. The molecule has 4 nitrogen and oxygen atoms in total. The van der Waals surface area contributed by atoms with Crippen LogP contribution in [0.5, 0.6) is 11.5 Å². The van der Waals surface area contributed by atoms with Crippen LogP contribution in [0.1, 0.15) is 35.7 Å². The zero-order valence-electron chi connectivity index (χ0n) is 10.2. The Morgan fingerprint density at radius 3 is 2.76 bits per heavy atom. The molecule has 1 atom stereocenters. The van der Waals surface area contributed by atoms with Crippen LogP contribution in [0, 0.1) is 5.92 Å². The van der Waals surface area contributed by atoms with Crippen LogP contribution in [0.3, 0.4) is 0 Å². The van der Waals surface area contributed by atoms with Gasteiger partial charge >= 0.3 is 5.97 Å². The Morgan fingerprint density at radius 1 is 1.53 bits per heavy atom. The molecule has 1 aromatic rings. The Labute approximate surface area is 100 Å². The molecule has 0 radical (unpaired) electrons. The van der Waals surface area contributed by atoms with Crippen LogP contribution in [-0.4, -0.2) is 24.8 Å². The lowest BCUT2D eigenvalue weighted by Gasteiger charge is -2.15. The summed E-state index contributed by atoms with van der Waals surface area (Å²) in [6, 6.07) is 3.23. The summed E-state index contributed by atoms with van der Waals surface area (Å²) >= 11 is 0. The first-order chi connectivity index (χ1) is 8.06. The SMILES string of the molecule is COc1ccc(C(=O)O)c2c1OCC2C(C)C. The number of hydrogen-bond donors (Lipinski definition) is 1. The molecule has 1 N–H and O–H groups in total. The van der Waals surface area contributed by atoms with E-state index < -0.39 is 5.97 Å². The van der Waals surface area contributed by atoms with Crippen molar-refractivity contribution in [3.8, 4) is 11.5 Å². The number of benzene rings is 1. The van der Waals surface area contributed by atoms with Gasteiger partial charge in [-0.2, -0.15) is 0 Å². The van der Waals surface area contributed by atoms with Crippen LogP contribution < -0.4 is 9.47 Å². The molecule has 2 rings (SSSR count). The molecule has 1 aliphatic heterocycles. The van der Waals surface area contributed by atoms with Crippen molar-refractivity contribution in [1.29, 1.82) is 0 Å². The van der Waals surface area contributed by atoms with E-state index in [0.29, 0.717) is 29.6 Å². The molecule has 1 heterocycles. The molecule has 1 unspecified atom stereocenters. The Morgan fingerprint density at radius 2 is 2.24 bits per heavy atom. The molecule has 0 bridgehead atoms. The number of carboxylic acid groups (broad SMARTS) is 1. The molecular formula is C13H16O4. The van der Waals surface area contributed by atoms with Crippen molar-refractivity contribution in [2.24, 2.45) is 5.92 Å². The summed E-state index contributed by atoms with van der Waals surface area (Å²) in [4.78, 5) is 11.2. The number of fused-ring (bicyclic) bond motifs is 1. The standard InChI is InChI=1S/C13H16O4/c1-7(2)9-6-17-12-10(16-3)5-4-8(11(9)12)13(14)15/h4-5,7,9H,6H2,1-3H3,(H,14,15). The number of hydrogen-bond acceptors (Lipinski definition) is 3. The Balaban J connectivity index is 2.60. The van der Waals surface area contributed by atoms with Gasteiger partial charge in [-0.15, -0.1) is 0 Å². The van der Waals surface area contributed by atoms with E-state index in [0.717, 1.165) is 5.56 Å². The summed E-state index contributed by atoms with van der Waals surface area (Å²) in [5.74, 6) is 0.729. The topological polar surface area (TPSA) is 55.8 Å². The van der Waals surface area contributed by atoms with Crippen molar-refractivity contribution < 1.29 is 19.4 Å². The van der Waals surface area contributed by atoms with Gasteiger partial charge in [0.15, 0.2) is 11.5 Å². The molecule has 4 heteroatoms. The first-order valence-electron chi connectivity index (χ1n) is 5.63. The number of aromatic carboxylic acids is 1. The van der Waals surface area contributed by atoms with Gasteiger partial charge in [0.1, 0.15) is 0 Å². The van der Waals surface area contributed by atoms with Gasteiger partial charge in [0.2, 0.25) is 0 Å². The van der Waals surface area contributed by atoms with E-state index in [1.165, 1.54) is 0 Å².